The first-order valence-electron chi connectivity index (χ1n) is 19.5. The third-order valence-corrected chi connectivity index (χ3v) is 11.7. The fraction of sp³-hybridized carbons (Fsp3) is 0.340. The number of hydrogen-bond donors (Lipinski definition) is 0. The molecule has 0 amide bonds. The van der Waals surface area contributed by atoms with Gasteiger partial charge in [0.15, 0.2) is 0 Å². The van der Waals surface area contributed by atoms with Gasteiger partial charge >= 0.3 is 0 Å². The highest BCUT2D eigenvalue weighted by atomic mass is 16.5. The van der Waals surface area contributed by atoms with Crippen molar-refractivity contribution in [1.82, 2.24) is 14.3 Å². The molecule has 278 valence electrons. The number of benzene rings is 5. The van der Waals surface area contributed by atoms with Crippen molar-refractivity contribution in [1.29, 1.82) is 0 Å². The second kappa shape index (κ2) is 13.3. The van der Waals surface area contributed by atoms with Crippen LogP contribution >= 0.6 is 0 Å². The van der Waals surface area contributed by atoms with E-state index < -0.39 is 0 Å². The molecular weight excluding hydrogens is 659 g/mol. The van der Waals surface area contributed by atoms with Crippen LogP contribution in [0.25, 0.3) is 44.3 Å². The lowest BCUT2D eigenvalue weighted by atomic mass is 9.73. The summed E-state index contributed by atoms with van der Waals surface area (Å²) in [7, 11) is 0. The number of hydrogen-bond acceptors (Lipinski definition) is 2. The van der Waals surface area contributed by atoms with Crippen LogP contribution in [-0.4, -0.2) is 14.3 Å². The Bertz CT molecular complexity index is 2490. The van der Waals surface area contributed by atoms with Crippen molar-refractivity contribution in [3.8, 4) is 34.0 Å². The van der Waals surface area contributed by atoms with E-state index in [1.807, 2.05) is 6.07 Å². The summed E-state index contributed by atoms with van der Waals surface area (Å²) in [6.45, 7) is 29.7. The molecule has 0 aliphatic heterocycles. The van der Waals surface area contributed by atoms with Crippen molar-refractivity contribution in [2.45, 2.75) is 106 Å². The normalized spacial score (nSPS) is 12.7. The molecule has 2 heterocycles. The number of aromatic nitrogens is 3. The number of fused-ring (bicyclic) bond motifs is 3. The van der Waals surface area contributed by atoms with Gasteiger partial charge in [-0.25, -0.2) is 4.68 Å². The maximum atomic E-state index is 6.69. The average Bonchev–Trinajstić information content (AvgIpc) is 3.59. The molecule has 0 saturated heterocycles. The third-order valence-electron chi connectivity index (χ3n) is 11.7. The Morgan fingerprint density at radius 3 is 1.85 bits per heavy atom. The van der Waals surface area contributed by atoms with Gasteiger partial charge in [0, 0.05) is 39.8 Å². The van der Waals surface area contributed by atoms with E-state index in [0.29, 0.717) is 5.92 Å². The number of rotatable bonds is 7. The molecule has 0 bridgehead atoms. The lowest BCUT2D eigenvalue weighted by Crippen LogP contribution is -2.24. The smallest absolute Gasteiger partial charge is 0.129 e. The molecule has 0 unspecified atom stereocenters. The Hall–Kier alpha value is -5.09. The van der Waals surface area contributed by atoms with Crippen molar-refractivity contribution in [3.63, 3.8) is 0 Å². The summed E-state index contributed by atoms with van der Waals surface area (Å²) in [5.74, 6) is 2.07. The fourth-order valence-electron chi connectivity index (χ4n) is 7.98. The molecule has 0 spiro atoms. The van der Waals surface area contributed by atoms with E-state index in [1.54, 1.807) is 0 Å². The van der Waals surface area contributed by atoms with Gasteiger partial charge in [-0.2, -0.15) is 5.10 Å². The van der Waals surface area contributed by atoms with E-state index in [4.69, 9.17) is 9.84 Å². The Morgan fingerprint density at radius 2 is 1.19 bits per heavy atom. The van der Waals surface area contributed by atoms with Gasteiger partial charge in [0.25, 0.3) is 0 Å². The van der Waals surface area contributed by atoms with Crippen LogP contribution < -0.4 is 4.74 Å². The first-order chi connectivity index (χ1) is 25.4. The fourth-order valence-corrected chi connectivity index (χ4v) is 7.98. The van der Waals surface area contributed by atoms with E-state index in [1.165, 1.54) is 49.7 Å². The van der Waals surface area contributed by atoms with Gasteiger partial charge in [-0.1, -0.05) is 123 Å². The average molecular weight is 716 g/mol. The van der Waals surface area contributed by atoms with E-state index in [9.17, 15) is 0 Å². The molecule has 54 heavy (non-hydrogen) atoms. The molecule has 0 atom stereocenters. The highest BCUT2D eigenvalue weighted by Gasteiger charge is 2.30. The van der Waals surface area contributed by atoms with Crippen LogP contribution in [0.1, 0.15) is 103 Å². The summed E-state index contributed by atoms with van der Waals surface area (Å²) in [4.78, 5) is 0. The molecule has 0 aliphatic carbocycles. The zero-order chi connectivity index (χ0) is 38.9. The van der Waals surface area contributed by atoms with Crippen LogP contribution in [0.2, 0.25) is 0 Å². The molecule has 0 fully saturated rings. The maximum Gasteiger partial charge on any atom is 0.129 e. The van der Waals surface area contributed by atoms with Crippen molar-refractivity contribution in [3.05, 3.63) is 137 Å². The first kappa shape index (κ1) is 37.2. The molecule has 7 aromatic rings. The summed E-state index contributed by atoms with van der Waals surface area (Å²) in [6.07, 6.45) is 0. The summed E-state index contributed by atoms with van der Waals surface area (Å²) in [5.41, 5.74) is 14.5. The van der Waals surface area contributed by atoms with Crippen molar-refractivity contribution >= 4 is 21.8 Å². The maximum absolute atomic E-state index is 6.69. The van der Waals surface area contributed by atoms with Gasteiger partial charge in [-0.3, -0.25) is 0 Å². The molecule has 0 aliphatic rings. The zero-order valence-corrected chi connectivity index (χ0v) is 34.6. The van der Waals surface area contributed by atoms with E-state index in [2.05, 4.69) is 196 Å². The quantitative estimate of drug-likeness (QED) is 0.165. The minimum absolute atomic E-state index is 0.0314. The number of ether oxygens (including phenoxy) is 1. The Labute approximate surface area is 322 Å². The van der Waals surface area contributed by atoms with Crippen LogP contribution in [0.15, 0.2) is 103 Å². The second-order valence-electron chi connectivity index (χ2n) is 18.3. The van der Waals surface area contributed by atoms with Gasteiger partial charge in [0.2, 0.25) is 0 Å². The molecule has 0 radical (unpaired) electrons. The molecule has 2 aromatic heterocycles. The minimum atomic E-state index is -0.0314. The summed E-state index contributed by atoms with van der Waals surface area (Å²) >= 11 is 0. The SMILES string of the molecule is Cc1cc(C(C)(C)C)c(-c2c(C)nn(-c3cccc(Oc4ccc5c6ccccc6n(-c6cccc(C(C)(C)C(C)C)c6)c5c4)c3)c2C)c(C(C)(C)C)c1. The number of para-hydroxylation sites is 1. The van der Waals surface area contributed by atoms with Gasteiger partial charge in [-0.15, -0.1) is 0 Å². The van der Waals surface area contributed by atoms with E-state index >= 15 is 0 Å². The zero-order valence-electron chi connectivity index (χ0n) is 34.6. The summed E-state index contributed by atoms with van der Waals surface area (Å²) in [6, 6.07) is 37.2. The molecule has 0 N–H and O–H groups in total. The van der Waals surface area contributed by atoms with Crippen molar-refractivity contribution in [2.75, 3.05) is 0 Å². The second-order valence-corrected chi connectivity index (χ2v) is 18.3. The number of aryl methyl sites for hydroxylation is 2. The van der Waals surface area contributed by atoms with Gasteiger partial charge in [0.1, 0.15) is 11.5 Å². The van der Waals surface area contributed by atoms with E-state index in [0.717, 1.165) is 39.8 Å². The standard InChI is InChI=1S/C50H57N3O/c1-31(2)50(12,13)35-18-16-19-36(28-35)52-44-23-15-14-22-40(44)41-25-24-39(30-45(41)52)54-38-21-17-20-37(29-38)53-34(5)46(33(4)51-53)47-42(48(6,7)8)26-32(3)27-43(47)49(9,10)11/h14-31H,1-13H3. The largest absolute Gasteiger partial charge is 0.457 e. The van der Waals surface area contributed by atoms with Crippen LogP contribution in [-0.2, 0) is 16.2 Å². The van der Waals surface area contributed by atoms with Crippen molar-refractivity contribution in [2.24, 2.45) is 5.92 Å². The third kappa shape index (κ3) is 6.54. The molecule has 0 saturated carbocycles. The monoisotopic (exact) mass is 715 g/mol. The lowest BCUT2D eigenvalue weighted by molar-refractivity contribution is 0.372. The molecule has 7 rings (SSSR count). The van der Waals surface area contributed by atoms with Crippen molar-refractivity contribution < 1.29 is 4.74 Å². The Morgan fingerprint density at radius 1 is 0.574 bits per heavy atom. The Balaban J connectivity index is 1.31. The summed E-state index contributed by atoms with van der Waals surface area (Å²) in [5, 5.41) is 7.61. The van der Waals surface area contributed by atoms with E-state index in [-0.39, 0.29) is 16.2 Å². The minimum Gasteiger partial charge on any atom is -0.457 e. The highest BCUT2D eigenvalue weighted by Crippen LogP contribution is 2.44. The predicted octanol–water partition coefficient (Wildman–Crippen LogP) is 13.9. The van der Waals surface area contributed by atoms with Gasteiger partial charge in [0.05, 0.1) is 22.4 Å². The van der Waals surface area contributed by atoms with Crippen LogP contribution in [0.3, 0.4) is 0 Å². The lowest BCUT2D eigenvalue weighted by Gasteiger charge is -2.31. The van der Waals surface area contributed by atoms with Crippen LogP contribution in [0, 0.1) is 26.7 Å². The number of nitrogens with zero attached hydrogens (tertiary/aromatic N) is 3. The molecular formula is C50H57N3O. The highest BCUT2D eigenvalue weighted by molar-refractivity contribution is 6.09. The van der Waals surface area contributed by atoms with Gasteiger partial charge in [-0.05, 0) is 108 Å². The predicted molar refractivity (Wildman–Crippen MR) is 229 cm³/mol. The van der Waals surface area contributed by atoms with Gasteiger partial charge < -0.3 is 9.30 Å². The topological polar surface area (TPSA) is 32.0 Å². The molecule has 4 heteroatoms. The van der Waals surface area contributed by atoms with Crippen LogP contribution in [0.5, 0.6) is 11.5 Å². The molecule has 4 nitrogen and oxygen atoms in total. The molecule has 5 aromatic carbocycles. The van der Waals surface area contributed by atoms with Crippen LogP contribution in [0.4, 0.5) is 0 Å². The Kier molecular flexibility index (Phi) is 9.20. The summed E-state index contributed by atoms with van der Waals surface area (Å²) < 4.78 is 11.2. The first-order valence-corrected chi connectivity index (χ1v) is 19.5.